The van der Waals surface area contributed by atoms with E-state index < -0.39 is 11.1 Å². The molecular formula is C13H22N4O5. The SMILES string of the molecule is CCCOC(=O)N1CCN(CC2COCC2C)C1=N[N+](=O)[O-]. The lowest BCUT2D eigenvalue weighted by molar-refractivity contribution is -0.486. The Labute approximate surface area is 129 Å². The van der Waals surface area contributed by atoms with Crippen LogP contribution in [0.3, 0.4) is 0 Å². The van der Waals surface area contributed by atoms with Gasteiger partial charge >= 0.3 is 6.09 Å². The molecule has 2 heterocycles. The third-order valence-electron chi connectivity index (χ3n) is 3.91. The zero-order valence-corrected chi connectivity index (χ0v) is 12.9. The van der Waals surface area contributed by atoms with E-state index in [4.69, 9.17) is 9.47 Å². The number of amides is 1. The zero-order valence-electron chi connectivity index (χ0n) is 12.9. The normalized spacial score (nSPS) is 26.7. The van der Waals surface area contributed by atoms with Crippen LogP contribution in [0, 0.1) is 22.0 Å². The predicted octanol–water partition coefficient (Wildman–Crippen LogP) is 0.981. The molecule has 2 saturated heterocycles. The fourth-order valence-electron chi connectivity index (χ4n) is 2.62. The molecule has 9 heteroatoms. The second kappa shape index (κ2) is 7.39. The van der Waals surface area contributed by atoms with E-state index in [9.17, 15) is 14.9 Å². The summed E-state index contributed by atoms with van der Waals surface area (Å²) in [6.07, 6.45) is 0.114. The highest BCUT2D eigenvalue weighted by Gasteiger charge is 2.37. The van der Waals surface area contributed by atoms with Crippen molar-refractivity contribution < 1.29 is 19.3 Å². The Kier molecular flexibility index (Phi) is 5.53. The summed E-state index contributed by atoms with van der Waals surface area (Å²) in [5, 5.41) is 13.4. The molecule has 2 atom stereocenters. The van der Waals surface area contributed by atoms with Crippen LogP contribution in [0.15, 0.2) is 5.10 Å². The highest BCUT2D eigenvalue weighted by atomic mass is 16.7. The van der Waals surface area contributed by atoms with Crippen LogP contribution in [0.2, 0.25) is 0 Å². The maximum Gasteiger partial charge on any atom is 0.416 e. The standard InChI is InChI=1S/C13H22N4O5/c1-3-6-22-13(18)16-5-4-15(12(16)14-17(19)20)7-11-9-21-8-10(11)2/h10-11H,3-9H2,1-2H3. The molecule has 9 nitrogen and oxygen atoms in total. The maximum atomic E-state index is 12.0. The van der Waals surface area contributed by atoms with Gasteiger partial charge in [0.15, 0.2) is 5.03 Å². The lowest BCUT2D eigenvalue weighted by Crippen LogP contribution is -2.41. The van der Waals surface area contributed by atoms with Crippen LogP contribution in [0.5, 0.6) is 0 Å². The van der Waals surface area contributed by atoms with Crippen molar-refractivity contribution in [2.45, 2.75) is 20.3 Å². The molecule has 0 aromatic carbocycles. The number of rotatable bonds is 5. The third-order valence-corrected chi connectivity index (χ3v) is 3.91. The Morgan fingerprint density at radius 2 is 2.27 bits per heavy atom. The Morgan fingerprint density at radius 3 is 2.86 bits per heavy atom. The first-order valence-electron chi connectivity index (χ1n) is 7.53. The second-order valence-corrected chi connectivity index (χ2v) is 5.62. The fourth-order valence-corrected chi connectivity index (χ4v) is 2.62. The van der Waals surface area contributed by atoms with E-state index in [-0.39, 0.29) is 18.5 Å². The summed E-state index contributed by atoms with van der Waals surface area (Å²) in [7, 11) is 0. The third kappa shape index (κ3) is 3.85. The molecule has 2 aliphatic rings. The van der Waals surface area contributed by atoms with Gasteiger partial charge in [-0.2, -0.15) is 0 Å². The number of hydrogen-bond donors (Lipinski definition) is 0. The number of nitro groups is 1. The summed E-state index contributed by atoms with van der Waals surface area (Å²) in [6.45, 7) is 7.03. The molecule has 0 aromatic heterocycles. The van der Waals surface area contributed by atoms with E-state index in [1.807, 2.05) is 6.92 Å². The summed E-state index contributed by atoms with van der Waals surface area (Å²) in [5.74, 6) is 0.728. The van der Waals surface area contributed by atoms with E-state index in [0.29, 0.717) is 45.2 Å². The molecule has 0 aliphatic carbocycles. The van der Waals surface area contributed by atoms with E-state index in [2.05, 4.69) is 12.0 Å². The predicted molar refractivity (Wildman–Crippen MR) is 77.8 cm³/mol. The van der Waals surface area contributed by atoms with Gasteiger partial charge in [0.2, 0.25) is 0 Å². The van der Waals surface area contributed by atoms with Crippen LogP contribution in [0.4, 0.5) is 4.79 Å². The topological polar surface area (TPSA) is 97.5 Å². The van der Waals surface area contributed by atoms with Crippen LogP contribution in [-0.4, -0.2) is 66.3 Å². The van der Waals surface area contributed by atoms with Gasteiger partial charge in [0.25, 0.3) is 5.96 Å². The van der Waals surface area contributed by atoms with E-state index >= 15 is 0 Å². The Morgan fingerprint density at radius 1 is 1.50 bits per heavy atom. The first-order chi connectivity index (χ1) is 10.5. The Bertz CT molecular complexity index is 456. The van der Waals surface area contributed by atoms with Crippen molar-refractivity contribution in [3.8, 4) is 0 Å². The highest BCUT2D eigenvalue weighted by Crippen LogP contribution is 2.23. The first-order valence-corrected chi connectivity index (χ1v) is 7.53. The number of carbonyl (C=O) groups excluding carboxylic acids is 1. The van der Waals surface area contributed by atoms with Gasteiger partial charge < -0.3 is 14.4 Å². The van der Waals surface area contributed by atoms with E-state index in [0.717, 1.165) is 0 Å². The van der Waals surface area contributed by atoms with Crippen molar-refractivity contribution in [1.82, 2.24) is 9.80 Å². The Balaban J connectivity index is 2.07. The molecule has 2 aliphatic heterocycles. The van der Waals surface area contributed by atoms with Gasteiger partial charge in [-0.3, -0.25) is 0 Å². The van der Waals surface area contributed by atoms with Gasteiger partial charge in [0.1, 0.15) is 5.10 Å². The molecular weight excluding hydrogens is 292 g/mol. The minimum atomic E-state index is -0.775. The number of hydrogen-bond acceptors (Lipinski definition) is 5. The molecule has 0 spiro atoms. The lowest BCUT2D eigenvalue weighted by Gasteiger charge is -2.23. The smallest absolute Gasteiger partial charge is 0.416 e. The summed E-state index contributed by atoms with van der Waals surface area (Å²) in [5.41, 5.74) is 0. The van der Waals surface area contributed by atoms with Gasteiger partial charge in [-0.25, -0.2) is 19.8 Å². The van der Waals surface area contributed by atoms with Crippen molar-refractivity contribution in [3.05, 3.63) is 10.1 Å². The number of carbonyl (C=O) groups is 1. The summed E-state index contributed by atoms with van der Waals surface area (Å²) in [4.78, 5) is 25.8. The monoisotopic (exact) mass is 314 g/mol. The molecule has 0 saturated carbocycles. The van der Waals surface area contributed by atoms with Crippen molar-refractivity contribution in [2.75, 3.05) is 39.5 Å². The van der Waals surface area contributed by atoms with Gasteiger partial charge in [-0.05, 0) is 12.3 Å². The maximum absolute atomic E-state index is 12.0. The second-order valence-electron chi connectivity index (χ2n) is 5.62. The number of hydrazone groups is 1. The lowest BCUT2D eigenvalue weighted by atomic mass is 9.98. The minimum Gasteiger partial charge on any atom is -0.449 e. The van der Waals surface area contributed by atoms with Crippen LogP contribution in [-0.2, 0) is 9.47 Å². The molecule has 0 radical (unpaired) electrons. The van der Waals surface area contributed by atoms with Crippen LogP contribution in [0.1, 0.15) is 20.3 Å². The highest BCUT2D eigenvalue weighted by molar-refractivity contribution is 5.95. The number of nitrogens with zero attached hydrogens (tertiary/aromatic N) is 4. The zero-order chi connectivity index (χ0) is 16.1. The van der Waals surface area contributed by atoms with Crippen molar-refractivity contribution >= 4 is 12.1 Å². The molecule has 124 valence electrons. The average molecular weight is 314 g/mol. The van der Waals surface area contributed by atoms with Crippen molar-refractivity contribution in [2.24, 2.45) is 16.9 Å². The fraction of sp³-hybridized carbons (Fsp3) is 0.846. The van der Waals surface area contributed by atoms with Gasteiger partial charge in [-0.15, -0.1) is 0 Å². The molecule has 0 aromatic rings. The van der Waals surface area contributed by atoms with Crippen LogP contribution in [0.25, 0.3) is 0 Å². The number of guanidine groups is 1. The van der Waals surface area contributed by atoms with Gasteiger partial charge in [0, 0.05) is 25.6 Å². The van der Waals surface area contributed by atoms with Gasteiger partial charge in [-0.1, -0.05) is 13.8 Å². The molecule has 2 rings (SSSR count). The van der Waals surface area contributed by atoms with Crippen molar-refractivity contribution in [1.29, 1.82) is 0 Å². The molecule has 1 amide bonds. The Hall–Kier alpha value is -1.90. The van der Waals surface area contributed by atoms with Crippen molar-refractivity contribution in [3.63, 3.8) is 0 Å². The van der Waals surface area contributed by atoms with E-state index in [1.54, 1.807) is 4.90 Å². The summed E-state index contributed by atoms with van der Waals surface area (Å²) >= 11 is 0. The minimum absolute atomic E-state index is 0.0604. The average Bonchev–Trinajstić information content (AvgIpc) is 3.04. The van der Waals surface area contributed by atoms with Crippen LogP contribution < -0.4 is 0 Å². The largest absolute Gasteiger partial charge is 0.449 e. The quantitative estimate of drug-likeness (QED) is 0.554. The molecule has 2 unspecified atom stereocenters. The molecule has 22 heavy (non-hydrogen) atoms. The summed E-state index contributed by atoms with van der Waals surface area (Å²) < 4.78 is 10.5. The number of ether oxygens (including phenoxy) is 2. The first kappa shape index (κ1) is 16.5. The van der Waals surface area contributed by atoms with E-state index in [1.165, 1.54) is 4.90 Å². The summed E-state index contributed by atoms with van der Waals surface area (Å²) in [6, 6.07) is 0. The van der Waals surface area contributed by atoms with Crippen LogP contribution >= 0.6 is 0 Å². The molecule has 0 N–H and O–H groups in total. The van der Waals surface area contributed by atoms with Gasteiger partial charge in [0.05, 0.1) is 19.8 Å². The molecule has 2 fully saturated rings. The molecule has 0 bridgehead atoms.